The molecule has 0 aliphatic carbocycles. The van der Waals surface area contributed by atoms with Gasteiger partial charge >= 0.3 is 0 Å². The maximum absolute atomic E-state index is 6.56. The Morgan fingerprint density at radius 2 is 0.774 bits per heavy atom. The molecule has 0 saturated heterocycles. The molecule has 8 nitrogen and oxygen atoms in total. The van der Waals surface area contributed by atoms with Crippen molar-refractivity contribution < 1.29 is 9.47 Å². The second kappa shape index (κ2) is 14.9. The first-order chi connectivity index (χ1) is 30.3. The molecule has 0 aliphatic heterocycles. The lowest BCUT2D eigenvalue weighted by Crippen LogP contribution is -1.97. The number of aryl methyl sites for hydroxylation is 4. The molecule has 0 amide bonds. The van der Waals surface area contributed by atoms with Crippen molar-refractivity contribution >= 4 is 43.6 Å². The number of benzene rings is 6. The van der Waals surface area contributed by atoms with Crippen molar-refractivity contribution in [2.24, 2.45) is 0 Å². The largest absolute Gasteiger partial charge is 0.457 e. The minimum absolute atomic E-state index is 0.710. The highest BCUT2D eigenvalue weighted by atomic mass is 16.5. The molecule has 0 bridgehead atoms. The van der Waals surface area contributed by atoms with Crippen molar-refractivity contribution in [3.8, 4) is 57.1 Å². The third-order valence-corrected chi connectivity index (χ3v) is 11.6. The molecule has 6 aromatic carbocycles. The standard InChI is InChI=1S/C54H40N6O2/c1-33-21-23-55-53(25-33)59-49-11-7-5-9-41(49)43-19-17-39(29-51(43)59)61-37-15-13-35(3)45(27-37)47-31-58-48(32-57-47)46-28-38(16-14-36(46)4)62-40-18-20-44-42-10-6-8-12-50(42)60(52(44)30-40)54-26-34(2)22-24-56-54/h5-32H,1-4H3. The van der Waals surface area contributed by atoms with Crippen LogP contribution in [-0.2, 0) is 0 Å². The molecule has 0 aliphatic rings. The van der Waals surface area contributed by atoms with Crippen molar-refractivity contribution in [2.45, 2.75) is 27.7 Å². The summed E-state index contributed by atoms with van der Waals surface area (Å²) in [5.74, 6) is 4.62. The van der Waals surface area contributed by atoms with Gasteiger partial charge in [0.2, 0.25) is 0 Å². The van der Waals surface area contributed by atoms with Crippen LogP contribution in [0.5, 0.6) is 23.0 Å². The summed E-state index contributed by atoms with van der Waals surface area (Å²) in [6.45, 7) is 8.33. The minimum Gasteiger partial charge on any atom is -0.457 e. The zero-order valence-corrected chi connectivity index (χ0v) is 34.7. The molecule has 5 heterocycles. The quantitative estimate of drug-likeness (QED) is 0.152. The van der Waals surface area contributed by atoms with Crippen molar-refractivity contribution in [2.75, 3.05) is 0 Å². The van der Waals surface area contributed by atoms with E-state index in [1.54, 1.807) is 0 Å². The minimum atomic E-state index is 0.710. The Labute approximate surface area is 358 Å². The molecular weight excluding hydrogens is 765 g/mol. The van der Waals surface area contributed by atoms with E-state index in [2.05, 4.69) is 134 Å². The fourth-order valence-corrected chi connectivity index (χ4v) is 8.57. The highest BCUT2D eigenvalue weighted by Gasteiger charge is 2.17. The number of para-hydroxylation sites is 2. The van der Waals surface area contributed by atoms with Crippen LogP contribution in [0.15, 0.2) is 170 Å². The smallest absolute Gasteiger partial charge is 0.137 e. The first kappa shape index (κ1) is 36.9. The Balaban J connectivity index is 0.876. The molecule has 62 heavy (non-hydrogen) atoms. The summed E-state index contributed by atoms with van der Waals surface area (Å²) in [6, 6.07) is 49.8. The van der Waals surface area contributed by atoms with E-state index in [9.17, 15) is 0 Å². The van der Waals surface area contributed by atoms with Gasteiger partial charge in [0.25, 0.3) is 0 Å². The summed E-state index contributed by atoms with van der Waals surface area (Å²) in [7, 11) is 0. The van der Waals surface area contributed by atoms with Gasteiger partial charge in [-0.2, -0.15) is 0 Å². The number of hydrogen-bond acceptors (Lipinski definition) is 6. The van der Waals surface area contributed by atoms with Crippen LogP contribution in [0.3, 0.4) is 0 Å². The average Bonchev–Trinajstić information content (AvgIpc) is 3.80. The van der Waals surface area contributed by atoms with Crippen molar-refractivity contribution in [3.63, 3.8) is 0 Å². The Morgan fingerprint density at radius 3 is 1.21 bits per heavy atom. The van der Waals surface area contributed by atoms with Gasteiger partial charge in [-0.1, -0.05) is 48.5 Å². The van der Waals surface area contributed by atoms with Crippen LogP contribution in [0.25, 0.3) is 77.8 Å². The van der Waals surface area contributed by atoms with Gasteiger partial charge in [-0.25, -0.2) is 9.97 Å². The van der Waals surface area contributed by atoms with Crippen LogP contribution < -0.4 is 9.47 Å². The Kier molecular flexibility index (Phi) is 8.86. The van der Waals surface area contributed by atoms with E-state index in [1.807, 2.05) is 73.3 Å². The topological polar surface area (TPSA) is 79.9 Å². The molecule has 298 valence electrons. The number of fused-ring (bicyclic) bond motifs is 6. The maximum Gasteiger partial charge on any atom is 0.137 e. The Bertz CT molecular complexity index is 3300. The van der Waals surface area contributed by atoms with E-state index in [0.717, 1.165) is 101 Å². The molecule has 0 fully saturated rings. The molecule has 0 radical (unpaired) electrons. The van der Waals surface area contributed by atoms with Crippen molar-refractivity contribution in [3.05, 3.63) is 193 Å². The SMILES string of the molecule is Cc1ccnc(-n2c3ccccc3c3ccc(Oc4ccc(C)c(-c5cnc(-c6cc(Oc7ccc8c9ccccc9n(-c9cc(C)ccn9)c8c7)ccc6C)cn5)c4)cc32)c1. The first-order valence-corrected chi connectivity index (χ1v) is 20.7. The average molecular weight is 805 g/mol. The Morgan fingerprint density at radius 1 is 0.371 bits per heavy atom. The highest BCUT2D eigenvalue weighted by molar-refractivity contribution is 6.10. The predicted octanol–water partition coefficient (Wildman–Crippen LogP) is 13.6. The highest BCUT2D eigenvalue weighted by Crippen LogP contribution is 2.38. The summed E-state index contributed by atoms with van der Waals surface area (Å²) in [5.41, 5.74) is 12.1. The number of aromatic nitrogens is 6. The van der Waals surface area contributed by atoms with Gasteiger partial charge < -0.3 is 9.47 Å². The summed E-state index contributed by atoms with van der Waals surface area (Å²) in [6.07, 6.45) is 7.38. The number of rotatable bonds is 8. The second-order valence-electron chi connectivity index (χ2n) is 15.9. The molecule has 0 spiro atoms. The zero-order chi connectivity index (χ0) is 41.9. The third kappa shape index (κ3) is 6.49. The van der Waals surface area contributed by atoms with Gasteiger partial charge in [0.1, 0.15) is 34.6 Å². The van der Waals surface area contributed by atoms with Crippen LogP contribution in [-0.4, -0.2) is 29.1 Å². The first-order valence-electron chi connectivity index (χ1n) is 20.7. The fourth-order valence-electron chi connectivity index (χ4n) is 8.57. The van der Waals surface area contributed by atoms with E-state index >= 15 is 0 Å². The normalized spacial score (nSPS) is 11.5. The van der Waals surface area contributed by atoms with Crippen LogP contribution in [0.4, 0.5) is 0 Å². The maximum atomic E-state index is 6.56. The lowest BCUT2D eigenvalue weighted by atomic mass is 10.0. The van der Waals surface area contributed by atoms with Gasteiger partial charge in [-0.15, -0.1) is 0 Å². The monoisotopic (exact) mass is 804 g/mol. The Hall–Kier alpha value is -8.10. The third-order valence-electron chi connectivity index (χ3n) is 11.6. The number of pyridine rings is 2. The van der Waals surface area contributed by atoms with Gasteiger partial charge in [-0.05, 0) is 135 Å². The van der Waals surface area contributed by atoms with Gasteiger partial charge in [0, 0.05) is 57.2 Å². The van der Waals surface area contributed by atoms with Crippen molar-refractivity contribution in [1.82, 2.24) is 29.1 Å². The van der Waals surface area contributed by atoms with E-state index in [1.165, 1.54) is 10.8 Å². The van der Waals surface area contributed by atoms with Crippen molar-refractivity contribution in [1.29, 1.82) is 0 Å². The summed E-state index contributed by atoms with van der Waals surface area (Å²) in [5, 5.41) is 4.61. The second-order valence-corrected chi connectivity index (χ2v) is 15.9. The fraction of sp³-hybridized carbons (Fsp3) is 0.0741. The lowest BCUT2D eigenvalue weighted by Gasteiger charge is -2.13. The number of hydrogen-bond donors (Lipinski definition) is 0. The van der Waals surface area contributed by atoms with Gasteiger partial charge in [0.15, 0.2) is 0 Å². The zero-order valence-electron chi connectivity index (χ0n) is 34.7. The summed E-state index contributed by atoms with van der Waals surface area (Å²) in [4.78, 5) is 19.3. The molecule has 0 saturated carbocycles. The summed E-state index contributed by atoms with van der Waals surface area (Å²) < 4.78 is 17.5. The lowest BCUT2D eigenvalue weighted by molar-refractivity contribution is 0.483. The molecule has 0 atom stereocenters. The molecule has 8 heteroatoms. The van der Waals surface area contributed by atoms with E-state index in [-0.39, 0.29) is 0 Å². The summed E-state index contributed by atoms with van der Waals surface area (Å²) >= 11 is 0. The molecular formula is C54H40N6O2. The van der Waals surface area contributed by atoms with Crippen LogP contribution >= 0.6 is 0 Å². The van der Waals surface area contributed by atoms with E-state index in [0.29, 0.717) is 11.5 Å². The molecule has 11 aromatic rings. The predicted molar refractivity (Wildman–Crippen MR) is 249 cm³/mol. The van der Waals surface area contributed by atoms with Crippen LogP contribution in [0.1, 0.15) is 22.3 Å². The van der Waals surface area contributed by atoms with Crippen LogP contribution in [0, 0.1) is 27.7 Å². The van der Waals surface area contributed by atoms with Gasteiger partial charge in [-0.3, -0.25) is 19.1 Å². The molecule has 5 aromatic heterocycles. The molecule has 0 N–H and O–H groups in total. The van der Waals surface area contributed by atoms with Crippen LogP contribution in [0.2, 0.25) is 0 Å². The molecule has 11 rings (SSSR count). The van der Waals surface area contributed by atoms with E-state index in [4.69, 9.17) is 29.4 Å². The number of nitrogens with zero attached hydrogens (tertiary/aromatic N) is 6. The van der Waals surface area contributed by atoms with E-state index < -0.39 is 0 Å². The van der Waals surface area contributed by atoms with Gasteiger partial charge in [0.05, 0.1) is 45.8 Å². The number of ether oxygens (including phenoxy) is 2. The molecule has 0 unspecified atom stereocenters.